The van der Waals surface area contributed by atoms with E-state index in [4.69, 9.17) is 33.0 Å². The molecule has 1 aromatic carbocycles. The van der Waals surface area contributed by atoms with Crippen LogP contribution in [0.15, 0.2) is 23.1 Å². The molecule has 0 radical (unpaired) electrons. The summed E-state index contributed by atoms with van der Waals surface area (Å²) in [7, 11) is -2.16. The molecule has 1 N–H and O–H groups in total. The van der Waals surface area contributed by atoms with Crippen LogP contribution in [-0.4, -0.2) is 51.2 Å². The van der Waals surface area contributed by atoms with Gasteiger partial charge < -0.3 is 9.84 Å². The van der Waals surface area contributed by atoms with E-state index in [-0.39, 0.29) is 29.6 Å². The summed E-state index contributed by atoms with van der Waals surface area (Å²) in [5.74, 6) is 0. The molecule has 0 aromatic heterocycles. The highest BCUT2D eigenvalue weighted by Crippen LogP contribution is 2.26. The first-order valence-electron chi connectivity index (χ1n) is 5.98. The van der Waals surface area contributed by atoms with E-state index in [0.717, 1.165) is 0 Å². The van der Waals surface area contributed by atoms with Crippen molar-refractivity contribution in [2.24, 2.45) is 0 Å². The molecule has 0 aliphatic rings. The molecule has 0 aliphatic heterocycles. The number of aliphatic hydroxyl groups is 1. The van der Waals surface area contributed by atoms with Crippen molar-refractivity contribution in [3.8, 4) is 0 Å². The standard InChI is InChI=1S/C12H17Cl2NO4S/c1-19-8-2-5-15(6-7-16)20(17,18)10-3-4-11(13)12(14)9-10/h3-4,9,16H,2,5-8H2,1H3. The molecular weight excluding hydrogens is 325 g/mol. The zero-order valence-electron chi connectivity index (χ0n) is 11.1. The third-order valence-electron chi connectivity index (χ3n) is 2.63. The maximum Gasteiger partial charge on any atom is 0.243 e. The zero-order valence-corrected chi connectivity index (χ0v) is 13.4. The minimum atomic E-state index is -3.71. The number of halogens is 2. The lowest BCUT2D eigenvalue weighted by molar-refractivity contribution is 0.182. The van der Waals surface area contributed by atoms with Crippen LogP contribution >= 0.6 is 23.2 Å². The molecular formula is C12H17Cl2NO4S. The van der Waals surface area contributed by atoms with Crippen molar-refractivity contribution in [1.29, 1.82) is 0 Å². The van der Waals surface area contributed by atoms with Gasteiger partial charge in [-0.2, -0.15) is 4.31 Å². The van der Waals surface area contributed by atoms with Gasteiger partial charge in [-0.3, -0.25) is 0 Å². The molecule has 0 amide bonds. The van der Waals surface area contributed by atoms with Crippen LogP contribution in [0.5, 0.6) is 0 Å². The Balaban J connectivity index is 2.99. The van der Waals surface area contributed by atoms with Gasteiger partial charge in [0.25, 0.3) is 0 Å². The highest BCUT2D eigenvalue weighted by Gasteiger charge is 2.24. The number of benzene rings is 1. The monoisotopic (exact) mass is 341 g/mol. The molecule has 8 heteroatoms. The summed E-state index contributed by atoms with van der Waals surface area (Å²) in [5.41, 5.74) is 0. The normalized spacial score (nSPS) is 12.1. The second-order valence-corrected chi connectivity index (χ2v) is 6.80. The molecule has 114 valence electrons. The average molecular weight is 342 g/mol. The zero-order chi connectivity index (χ0) is 15.2. The van der Waals surface area contributed by atoms with Crippen LogP contribution in [0.25, 0.3) is 0 Å². The molecule has 5 nitrogen and oxygen atoms in total. The highest BCUT2D eigenvalue weighted by molar-refractivity contribution is 7.89. The number of rotatable bonds is 8. The van der Waals surface area contributed by atoms with Crippen LogP contribution in [0.2, 0.25) is 10.0 Å². The first-order chi connectivity index (χ1) is 9.43. The molecule has 20 heavy (non-hydrogen) atoms. The minimum Gasteiger partial charge on any atom is -0.395 e. The van der Waals surface area contributed by atoms with Crippen LogP contribution in [-0.2, 0) is 14.8 Å². The molecule has 0 unspecified atom stereocenters. The molecule has 0 aliphatic carbocycles. The number of hydrogen-bond acceptors (Lipinski definition) is 4. The maximum atomic E-state index is 12.5. The Morgan fingerprint density at radius 2 is 1.95 bits per heavy atom. The largest absolute Gasteiger partial charge is 0.395 e. The van der Waals surface area contributed by atoms with Gasteiger partial charge in [0, 0.05) is 26.8 Å². The van der Waals surface area contributed by atoms with Crippen molar-refractivity contribution < 1.29 is 18.3 Å². The number of methoxy groups -OCH3 is 1. The summed E-state index contributed by atoms with van der Waals surface area (Å²) in [6.45, 7) is 0.468. The van der Waals surface area contributed by atoms with E-state index in [1.54, 1.807) is 7.11 Å². The van der Waals surface area contributed by atoms with Crippen LogP contribution in [0.1, 0.15) is 6.42 Å². The van der Waals surface area contributed by atoms with Crippen molar-refractivity contribution in [2.45, 2.75) is 11.3 Å². The van der Waals surface area contributed by atoms with Crippen LogP contribution in [0, 0.1) is 0 Å². The molecule has 0 saturated heterocycles. The Labute approximate surface area is 129 Å². The minimum absolute atomic E-state index is 0.0201. The van der Waals surface area contributed by atoms with Crippen molar-refractivity contribution in [3.05, 3.63) is 28.2 Å². The third-order valence-corrected chi connectivity index (χ3v) is 5.27. The summed E-state index contributed by atoms with van der Waals surface area (Å²) in [6.07, 6.45) is 0.539. The molecule has 0 bridgehead atoms. The van der Waals surface area contributed by atoms with Gasteiger partial charge in [0.15, 0.2) is 0 Å². The lowest BCUT2D eigenvalue weighted by atomic mass is 10.4. The van der Waals surface area contributed by atoms with E-state index in [0.29, 0.717) is 18.1 Å². The fourth-order valence-corrected chi connectivity index (χ4v) is 3.49. The second-order valence-electron chi connectivity index (χ2n) is 4.05. The molecule has 0 saturated carbocycles. The van der Waals surface area contributed by atoms with E-state index < -0.39 is 10.0 Å². The van der Waals surface area contributed by atoms with Crippen molar-refractivity contribution in [2.75, 3.05) is 33.4 Å². The molecule has 0 atom stereocenters. The van der Waals surface area contributed by atoms with Gasteiger partial charge in [-0.25, -0.2) is 8.42 Å². The smallest absolute Gasteiger partial charge is 0.243 e. The highest BCUT2D eigenvalue weighted by atomic mass is 35.5. The summed E-state index contributed by atoms with van der Waals surface area (Å²) in [5, 5.41) is 9.48. The van der Waals surface area contributed by atoms with E-state index in [2.05, 4.69) is 0 Å². The van der Waals surface area contributed by atoms with Gasteiger partial charge in [-0.1, -0.05) is 23.2 Å². The van der Waals surface area contributed by atoms with E-state index >= 15 is 0 Å². The first-order valence-corrected chi connectivity index (χ1v) is 8.18. The SMILES string of the molecule is COCCCN(CCO)S(=O)(=O)c1ccc(Cl)c(Cl)c1. The van der Waals surface area contributed by atoms with Crippen molar-refractivity contribution in [3.63, 3.8) is 0 Å². The predicted molar refractivity (Wildman–Crippen MR) is 78.8 cm³/mol. The predicted octanol–water partition coefficient (Wildman–Crippen LogP) is 2.01. The van der Waals surface area contributed by atoms with Crippen molar-refractivity contribution in [1.82, 2.24) is 4.31 Å². The van der Waals surface area contributed by atoms with Gasteiger partial charge in [-0.05, 0) is 24.6 Å². The molecule has 0 heterocycles. The summed E-state index contributed by atoms with van der Waals surface area (Å²) >= 11 is 11.6. The van der Waals surface area contributed by atoms with Gasteiger partial charge in [-0.15, -0.1) is 0 Å². The van der Waals surface area contributed by atoms with Crippen LogP contribution in [0.4, 0.5) is 0 Å². The lowest BCUT2D eigenvalue weighted by Gasteiger charge is -2.21. The van der Waals surface area contributed by atoms with Gasteiger partial charge in [0.05, 0.1) is 21.5 Å². The fraction of sp³-hybridized carbons (Fsp3) is 0.500. The third kappa shape index (κ3) is 4.58. The Bertz CT molecular complexity index is 536. The lowest BCUT2D eigenvalue weighted by Crippen LogP contribution is -2.35. The Hall–Kier alpha value is -0.370. The number of nitrogens with zero attached hydrogens (tertiary/aromatic N) is 1. The first kappa shape index (κ1) is 17.7. The average Bonchev–Trinajstić information content (AvgIpc) is 2.41. The molecule has 0 fully saturated rings. The van der Waals surface area contributed by atoms with Gasteiger partial charge in [0.1, 0.15) is 0 Å². The maximum absolute atomic E-state index is 12.5. The quantitative estimate of drug-likeness (QED) is 0.734. The summed E-state index contributed by atoms with van der Waals surface area (Å²) in [6, 6.07) is 4.13. The van der Waals surface area contributed by atoms with Crippen LogP contribution in [0.3, 0.4) is 0 Å². The van der Waals surface area contributed by atoms with Crippen LogP contribution < -0.4 is 0 Å². The van der Waals surface area contributed by atoms with E-state index in [1.165, 1.54) is 22.5 Å². The number of hydrogen-bond donors (Lipinski definition) is 1. The van der Waals surface area contributed by atoms with E-state index in [1.807, 2.05) is 0 Å². The Morgan fingerprint density at radius 3 is 2.50 bits per heavy atom. The Morgan fingerprint density at radius 1 is 1.25 bits per heavy atom. The topological polar surface area (TPSA) is 66.8 Å². The number of sulfonamides is 1. The van der Waals surface area contributed by atoms with Gasteiger partial charge in [0.2, 0.25) is 10.0 Å². The molecule has 1 aromatic rings. The second kappa shape index (κ2) is 8.17. The fourth-order valence-electron chi connectivity index (χ4n) is 1.64. The van der Waals surface area contributed by atoms with E-state index in [9.17, 15) is 8.42 Å². The summed E-state index contributed by atoms with van der Waals surface area (Å²) in [4.78, 5) is 0.0535. The summed E-state index contributed by atoms with van der Waals surface area (Å²) < 4.78 is 31.0. The van der Waals surface area contributed by atoms with Crippen molar-refractivity contribution >= 4 is 33.2 Å². The number of ether oxygens (including phenoxy) is 1. The van der Waals surface area contributed by atoms with Gasteiger partial charge >= 0.3 is 0 Å². The number of aliphatic hydroxyl groups excluding tert-OH is 1. The molecule has 1 rings (SSSR count). The molecule has 0 spiro atoms. The Kier molecular flexibility index (Phi) is 7.22.